The van der Waals surface area contributed by atoms with Gasteiger partial charge in [0, 0.05) is 19.8 Å². The Bertz CT molecular complexity index is 440. The fraction of sp³-hybridized carbons (Fsp3) is 0.417. The summed E-state index contributed by atoms with van der Waals surface area (Å²) in [6.45, 7) is 5.74. The summed E-state index contributed by atoms with van der Waals surface area (Å²) >= 11 is 0. The van der Waals surface area contributed by atoms with E-state index in [-0.39, 0.29) is 19.0 Å². The molecule has 18 heavy (non-hydrogen) atoms. The summed E-state index contributed by atoms with van der Waals surface area (Å²) in [6.07, 6.45) is 3.23. The third-order valence-electron chi connectivity index (χ3n) is 2.19. The average Bonchev–Trinajstić information content (AvgIpc) is 2.75. The lowest BCUT2D eigenvalue weighted by Gasteiger charge is -2.18. The SMILES string of the molecule is C=CCN(CC(=O)OCC)C(=O)c1ccn(C)n1. The third-order valence-corrected chi connectivity index (χ3v) is 2.19. The Morgan fingerprint density at radius 2 is 2.33 bits per heavy atom. The molecule has 1 amide bonds. The third kappa shape index (κ3) is 3.73. The molecule has 0 aromatic carbocycles. The second kappa shape index (κ2) is 6.58. The molecule has 1 heterocycles. The second-order valence-corrected chi connectivity index (χ2v) is 3.65. The average molecular weight is 251 g/mol. The smallest absolute Gasteiger partial charge is 0.325 e. The van der Waals surface area contributed by atoms with Crippen LogP contribution in [0.15, 0.2) is 24.9 Å². The molecule has 0 N–H and O–H groups in total. The maximum atomic E-state index is 12.1. The van der Waals surface area contributed by atoms with Crippen LogP contribution in [0.25, 0.3) is 0 Å². The van der Waals surface area contributed by atoms with Crippen LogP contribution in [0.2, 0.25) is 0 Å². The normalized spacial score (nSPS) is 9.89. The van der Waals surface area contributed by atoms with Crippen molar-refractivity contribution in [2.24, 2.45) is 7.05 Å². The highest BCUT2D eigenvalue weighted by Gasteiger charge is 2.20. The van der Waals surface area contributed by atoms with Gasteiger partial charge in [-0.1, -0.05) is 6.08 Å². The van der Waals surface area contributed by atoms with Crippen LogP contribution in [0.3, 0.4) is 0 Å². The first-order valence-corrected chi connectivity index (χ1v) is 5.64. The van der Waals surface area contributed by atoms with Gasteiger partial charge >= 0.3 is 5.97 Å². The van der Waals surface area contributed by atoms with Crippen LogP contribution in [0.1, 0.15) is 17.4 Å². The molecule has 0 atom stereocenters. The Labute approximate surface area is 106 Å². The monoisotopic (exact) mass is 251 g/mol. The summed E-state index contributed by atoms with van der Waals surface area (Å²) in [5.41, 5.74) is 0.295. The molecule has 0 aliphatic rings. The number of nitrogens with zero attached hydrogens (tertiary/aromatic N) is 3. The van der Waals surface area contributed by atoms with Crippen molar-refractivity contribution >= 4 is 11.9 Å². The number of hydrogen-bond donors (Lipinski definition) is 0. The van der Waals surface area contributed by atoms with E-state index >= 15 is 0 Å². The van der Waals surface area contributed by atoms with Crippen molar-refractivity contribution in [3.8, 4) is 0 Å². The number of hydrogen-bond acceptors (Lipinski definition) is 4. The fourth-order valence-electron chi connectivity index (χ4n) is 1.43. The number of esters is 1. The van der Waals surface area contributed by atoms with Gasteiger partial charge in [-0.2, -0.15) is 5.10 Å². The van der Waals surface area contributed by atoms with Gasteiger partial charge in [-0.25, -0.2) is 0 Å². The lowest BCUT2D eigenvalue weighted by atomic mass is 10.3. The molecular weight excluding hydrogens is 234 g/mol. The molecule has 0 aliphatic heterocycles. The van der Waals surface area contributed by atoms with E-state index in [0.717, 1.165) is 0 Å². The minimum atomic E-state index is -0.441. The maximum Gasteiger partial charge on any atom is 0.325 e. The molecule has 1 rings (SSSR count). The lowest BCUT2D eigenvalue weighted by molar-refractivity contribution is -0.143. The molecule has 1 aromatic rings. The van der Waals surface area contributed by atoms with E-state index in [4.69, 9.17) is 4.74 Å². The number of carbonyl (C=O) groups is 2. The molecule has 0 radical (unpaired) electrons. The Morgan fingerprint density at radius 1 is 1.61 bits per heavy atom. The Kier molecular flexibility index (Phi) is 5.10. The predicted molar refractivity (Wildman–Crippen MR) is 65.9 cm³/mol. The molecule has 6 nitrogen and oxygen atoms in total. The Hall–Kier alpha value is -2.11. The molecular formula is C12H17N3O3. The van der Waals surface area contributed by atoms with Crippen molar-refractivity contribution in [3.05, 3.63) is 30.6 Å². The molecule has 0 spiro atoms. The highest BCUT2D eigenvalue weighted by molar-refractivity contribution is 5.94. The lowest BCUT2D eigenvalue weighted by Crippen LogP contribution is -2.36. The number of carbonyl (C=O) groups excluding carboxylic acids is 2. The first-order chi connectivity index (χ1) is 8.58. The van der Waals surface area contributed by atoms with E-state index in [2.05, 4.69) is 11.7 Å². The van der Waals surface area contributed by atoms with Gasteiger partial charge < -0.3 is 9.64 Å². The standard InChI is InChI=1S/C12H17N3O3/c1-4-7-15(9-11(16)18-5-2)12(17)10-6-8-14(3)13-10/h4,6,8H,1,5,7,9H2,2-3H3. The summed E-state index contributed by atoms with van der Waals surface area (Å²) in [6, 6.07) is 1.60. The van der Waals surface area contributed by atoms with Crippen molar-refractivity contribution in [1.29, 1.82) is 0 Å². The van der Waals surface area contributed by atoms with Gasteiger partial charge in [-0.15, -0.1) is 6.58 Å². The zero-order valence-electron chi connectivity index (χ0n) is 10.6. The molecule has 1 aromatic heterocycles. The van der Waals surface area contributed by atoms with E-state index in [9.17, 15) is 9.59 Å². The Morgan fingerprint density at radius 3 is 2.83 bits per heavy atom. The number of amides is 1. The zero-order valence-corrected chi connectivity index (χ0v) is 10.6. The van der Waals surface area contributed by atoms with Crippen LogP contribution in [-0.4, -0.2) is 46.3 Å². The van der Waals surface area contributed by atoms with Gasteiger partial charge in [0.1, 0.15) is 12.2 Å². The van der Waals surface area contributed by atoms with Gasteiger partial charge in [0.2, 0.25) is 0 Å². The van der Waals surface area contributed by atoms with E-state index in [1.165, 1.54) is 9.58 Å². The fourth-order valence-corrected chi connectivity index (χ4v) is 1.43. The summed E-state index contributed by atoms with van der Waals surface area (Å²) < 4.78 is 6.35. The topological polar surface area (TPSA) is 64.4 Å². The van der Waals surface area contributed by atoms with Crippen molar-refractivity contribution < 1.29 is 14.3 Å². The van der Waals surface area contributed by atoms with Crippen molar-refractivity contribution in [3.63, 3.8) is 0 Å². The van der Waals surface area contributed by atoms with Gasteiger partial charge in [0.25, 0.3) is 5.91 Å². The van der Waals surface area contributed by atoms with Gasteiger partial charge in [-0.05, 0) is 13.0 Å². The minimum Gasteiger partial charge on any atom is -0.465 e. The quantitative estimate of drug-likeness (QED) is 0.549. The van der Waals surface area contributed by atoms with E-state index in [0.29, 0.717) is 12.3 Å². The molecule has 98 valence electrons. The van der Waals surface area contributed by atoms with Crippen LogP contribution >= 0.6 is 0 Å². The summed E-state index contributed by atoms with van der Waals surface area (Å²) in [5, 5.41) is 4.01. The predicted octanol–water partition coefficient (Wildman–Crippen LogP) is 0.611. The molecule has 0 saturated carbocycles. The Balaban J connectivity index is 2.74. The van der Waals surface area contributed by atoms with Crippen LogP contribution in [0.4, 0.5) is 0 Å². The highest BCUT2D eigenvalue weighted by atomic mass is 16.5. The second-order valence-electron chi connectivity index (χ2n) is 3.65. The summed E-state index contributed by atoms with van der Waals surface area (Å²) in [4.78, 5) is 24.8. The molecule has 0 aliphatic carbocycles. The number of aryl methyl sites for hydroxylation is 1. The van der Waals surface area contributed by atoms with Gasteiger partial charge in [-0.3, -0.25) is 14.3 Å². The van der Waals surface area contributed by atoms with E-state index in [1.807, 2.05) is 0 Å². The van der Waals surface area contributed by atoms with Crippen molar-refractivity contribution in [1.82, 2.24) is 14.7 Å². The highest BCUT2D eigenvalue weighted by Crippen LogP contribution is 2.02. The molecule has 6 heteroatoms. The minimum absolute atomic E-state index is 0.102. The number of rotatable bonds is 6. The number of aromatic nitrogens is 2. The maximum absolute atomic E-state index is 12.1. The molecule has 0 unspecified atom stereocenters. The molecule has 0 fully saturated rings. The largest absolute Gasteiger partial charge is 0.465 e. The van der Waals surface area contributed by atoms with E-state index in [1.54, 1.807) is 32.3 Å². The van der Waals surface area contributed by atoms with Gasteiger partial charge in [0.05, 0.1) is 6.61 Å². The number of ether oxygens (including phenoxy) is 1. The summed E-state index contributed by atoms with van der Waals surface area (Å²) in [5.74, 6) is -0.757. The molecule has 0 saturated heterocycles. The van der Waals surface area contributed by atoms with Crippen molar-refractivity contribution in [2.45, 2.75) is 6.92 Å². The van der Waals surface area contributed by atoms with Crippen LogP contribution in [-0.2, 0) is 16.6 Å². The summed E-state index contributed by atoms with van der Waals surface area (Å²) in [7, 11) is 1.72. The van der Waals surface area contributed by atoms with Crippen LogP contribution in [0.5, 0.6) is 0 Å². The van der Waals surface area contributed by atoms with Crippen LogP contribution < -0.4 is 0 Å². The van der Waals surface area contributed by atoms with Gasteiger partial charge in [0.15, 0.2) is 0 Å². The van der Waals surface area contributed by atoms with E-state index < -0.39 is 5.97 Å². The molecule has 0 bridgehead atoms. The van der Waals surface area contributed by atoms with Crippen molar-refractivity contribution in [2.75, 3.05) is 19.7 Å². The first-order valence-electron chi connectivity index (χ1n) is 5.64. The zero-order chi connectivity index (χ0) is 13.5. The van der Waals surface area contributed by atoms with Crippen LogP contribution in [0, 0.1) is 0 Å². The first kappa shape index (κ1) is 14.0.